The molecule has 0 bridgehead atoms. The largest absolute Gasteiger partial charge is 0.370 e. The average Bonchev–Trinajstić information content (AvgIpc) is 2.95. The molecule has 3 nitrogen and oxygen atoms in total. The van der Waals surface area contributed by atoms with Crippen LogP contribution in [0.1, 0.15) is 36.0 Å². The molecular formula is C16H18ClN3S. The summed E-state index contributed by atoms with van der Waals surface area (Å²) >= 11 is 7.84. The fourth-order valence-electron chi connectivity index (χ4n) is 2.36. The molecule has 0 saturated carbocycles. The van der Waals surface area contributed by atoms with Crippen molar-refractivity contribution >= 4 is 29.2 Å². The van der Waals surface area contributed by atoms with Crippen LogP contribution in [0.15, 0.2) is 24.3 Å². The van der Waals surface area contributed by atoms with Crippen molar-refractivity contribution < 1.29 is 0 Å². The summed E-state index contributed by atoms with van der Waals surface area (Å²) in [6.45, 7) is 3.12. The van der Waals surface area contributed by atoms with Gasteiger partial charge in [0, 0.05) is 35.1 Å². The van der Waals surface area contributed by atoms with Crippen molar-refractivity contribution in [3.05, 3.63) is 51.9 Å². The molecule has 1 aliphatic heterocycles. The van der Waals surface area contributed by atoms with Gasteiger partial charge in [-0.15, -0.1) is 0 Å². The molecule has 1 aromatic heterocycles. The first kappa shape index (κ1) is 14.7. The van der Waals surface area contributed by atoms with Gasteiger partial charge in [0.1, 0.15) is 11.6 Å². The van der Waals surface area contributed by atoms with Crippen molar-refractivity contribution in [3.63, 3.8) is 0 Å². The predicted octanol–water partition coefficient (Wildman–Crippen LogP) is 4.29. The van der Waals surface area contributed by atoms with E-state index in [2.05, 4.69) is 12.2 Å². The highest BCUT2D eigenvalue weighted by atomic mass is 35.5. The zero-order valence-corrected chi connectivity index (χ0v) is 13.6. The minimum absolute atomic E-state index is 0.746. The molecule has 110 valence electrons. The normalized spacial score (nSPS) is 13.2. The van der Waals surface area contributed by atoms with Gasteiger partial charge in [-0.25, -0.2) is 9.97 Å². The number of benzene rings is 1. The summed E-state index contributed by atoms with van der Waals surface area (Å²) < 4.78 is 0. The molecule has 1 N–H and O–H groups in total. The Morgan fingerprint density at radius 2 is 2.00 bits per heavy atom. The number of nitrogens with zero attached hydrogens (tertiary/aromatic N) is 2. The van der Waals surface area contributed by atoms with Crippen LogP contribution in [0.3, 0.4) is 0 Å². The molecule has 0 amide bonds. The SMILES string of the molecule is CCCNc1nc(Cc2ccc(Cl)cc2)nc2c1CSC2. The van der Waals surface area contributed by atoms with Crippen LogP contribution in [0, 0.1) is 0 Å². The molecule has 0 spiro atoms. The van der Waals surface area contributed by atoms with E-state index >= 15 is 0 Å². The van der Waals surface area contributed by atoms with Crippen LogP contribution in [-0.4, -0.2) is 16.5 Å². The number of fused-ring (bicyclic) bond motifs is 1. The van der Waals surface area contributed by atoms with Gasteiger partial charge in [0.15, 0.2) is 0 Å². The third-order valence-corrected chi connectivity index (χ3v) is 4.66. The second-order valence-electron chi connectivity index (χ2n) is 5.14. The Bertz CT molecular complexity index is 628. The first-order chi connectivity index (χ1) is 10.3. The number of halogens is 1. The van der Waals surface area contributed by atoms with Gasteiger partial charge < -0.3 is 5.32 Å². The molecule has 0 fully saturated rings. The highest BCUT2D eigenvalue weighted by Gasteiger charge is 2.19. The first-order valence-electron chi connectivity index (χ1n) is 7.21. The lowest BCUT2D eigenvalue weighted by molar-refractivity contribution is 0.905. The Labute approximate surface area is 134 Å². The molecule has 2 heterocycles. The maximum atomic E-state index is 5.93. The first-order valence-corrected chi connectivity index (χ1v) is 8.74. The quantitative estimate of drug-likeness (QED) is 0.892. The van der Waals surface area contributed by atoms with Gasteiger partial charge >= 0.3 is 0 Å². The third kappa shape index (κ3) is 3.50. The number of thioether (sulfide) groups is 1. The Balaban J connectivity index is 1.86. The summed E-state index contributed by atoms with van der Waals surface area (Å²) in [5.41, 5.74) is 3.66. The number of rotatable bonds is 5. The molecule has 5 heteroatoms. The molecule has 0 atom stereocenters. The minimum atomic E-state index is 0.746. The van der Waals surface area contributed by atoms with Gasteiger partial charge in [0.05, 0.1) is 5.69 Å². The zero-order chi connectivity index (χ0) is 14.7. The highest BCUT2D eigenvalue weighted by Crippen LogP contribution is 2.33. The van der Waals surface area contributed by atoms with E-state index in [1.165, 1.54) is 16.8 Å². The Hall–Kier alpha value is -1.26. The van der Waals surface area contributed by atoms with E-state index in [1.807, 2.05) is 36.0 Å². The van der Waals surface area contributed by atoms with Crippen molar-refractivity contribution in [1.29, 1.82) is 0 Å². The molecule has 0 aliphatic carbocycles. The zero-order valence-electron chi connectivity index (χ0n) is 12.0. The van der Waals surface area contributed by atoms with Crippen LogP contribution < -0.4 is 5.32 Å². The summed E-state index contributed by atoms with van der Waals surface area (Å²) in [5, 5.41) is 4.20. The molecule has 2 aromatic rings. The van der Waals surface area contributed by atoms with E-state index in [-0.39, 0.29) is 0 Å². The number of nitrogens with one attached hydrogen (secondary N) is 1. The van der Waals surface area contributed by atoms with Crippen LogP contribution in [0.4, 0.5) is 5.82 Å². The van der Waals surface area contributed by atoms with Gasteiger partial charge in [-0.1, -0.05) is 30.7 Å². The van der Waals surface area contributed by atoms with Gasteiger partial charge in [-0.3, -0.25) is 0 Å². The Kier molecular flexibility index (Phi) is 4.66. The minimum Gasteiger partial charge on any atom is -0.370 e. The molecule has 0 unspecified atom stereocenters. The van der Waals surface area contributed by atoms with Crippen molar-refractivity contribution in [2.24, 2.45) is 0 Å². The fraction of sp³-hybridized carbons (Fsp3) is 0.375. The summed E-state index contributed by atoms with van der Waals surface area (Å²) in [7, 11) is 0. The fourth-order valence-corrected chi connectivity index (χ4v) is 3.52. The molecule has 0 radical (unpaired) electrons. The molecule has 3 rings (SSSR count). The van der Waals surface area contributed by atoms with Crippen LogP contribution in [0.5, 0.6) is 0 Å². The third-order valence-electron chi connectivity index (χ3n) is 3.44. The molecule has 21 heavy (non-hydrogen) atoms. The lowest BCUT2D eigenvalue weighted by Gasteiger charge is -2.11. The average molecular weight is 320 g/mol. The Morgan fingerprint density at radius 3 is 2.76 bits per heavy atom. The molecule has 0 saturated heterocycles. The summed E-state index contributed by atoms with van der Waals surface area (Å²) in [6.07, 6.45) is 1.84. The standard InChI is InChI=1S/C16H18ClN3S/c1-2-7-18-16-13-9-21-10-14(13)19-15(20-16)8-11-3-5-12(17)6-4-11/h3-6H,2,7-10H2,1H3,(H,18,19,20). The van der Waals surface area contributed by atoms with Crippen molar-refractivity contribution in [1.82, 2.24) is 9.97 Å². The van der Waals surface area contributed by atoms with Crippen LogP contribution in [0.2, 0.25) is 5.02 Å². The van der Waals surface area contributed by atoms with Crippen molar-refractivity contribution in [2.45, 2.75) is 31.3 Å². The number of hydrogen-bond donors (Lipinski definition) is 1. The molecular weight excluding hydrogens is 302 g/mol. The smallest absolute Gasteiger partial charge is 0.135 e. The topological polar surface area (TPSA) is 37.8 Å². The van der Waals surface area contributed by atoms with E-state index in [4.69, 9.17) is 21.6 Å². The Morgan fingerprint density at radius 1 is 1.19 bits per heavy atom. The van der Waals surface area contributed by atoms with E-state index in [9.17, 15) is 0 Å². The number of hydrogen-bond acceptors (Lipinski definition) is 4. The van der Waals surface area contributed by atoms with Gasteiger partial charge in [-0.05, 0) is 24.1 Å². The highest BCUT2D eigenvalue weighted by molar-refractivity contribution is 7.98. The predicted molar refractivity (Wildman–Crippen MR) is 90.1 cm³/mol. The van der Waals surface area contributed by atoms with Gasteiger partial charge in [0.2, 0.25) is 0 Å². The van der Waals surface area contributed by atoms with Crippen LogP contribution in [0.25, 0.3) is 0 Å². The second-order valence-corrected chi connectivity index (χ2v) is 6.56. The van der Waals surface area contributed by atoms with Crippen LogP contribution in [-0.2, 0) is 17.9 Å². The maximum Gasteiger partial charge on any atom is 0.135 e. The molecule has 1 aromatic carbocycles. The summed E-state index contributed by atoms with van der Waals surface area (Å²) in [5.74, 6) is 3.92. The van der Waals surface area contributed by atoms with E-state index in [0.717, 1.165) is 47.6 Å². The monoisotopic (exact) mass is 319 g/mol. The van der Waals surface area contributed by atoms with Crippen molar-refractivity contribution in [2.75, 3.05) is 11.9 Å². The second kappa shape index (κ2) is 6.67. The number of anilines is 1. The summed E-state index contributed by atoms with van der Waals surface area (Å²) in [4.78, 5) is 9.47. The van der Waals surface area contributed by atoms with Gasteiger partial charge in [-0.2, -0.15) is 11.8 Å². The molecule has 1 aliphatic rings. The maximum absolute atomic E-state index is 5.93. The van der Waals surface area contributed by atoms with Crippen molar-refractivity contribution in [3.8, 4) is 0 Å². The number of aromatic nitrogens is 2. The lowest BCUT2D eigenvalue weighted by Crippen LogP contribution is -2.10. The summed E-state index contributed by atoms with van der Waals surface area (Å²) in [6, 6.07) is 7.90. The van der Waals surface area contributed by atoms with E-state index in [1.54, 1.807) is 0 Å². The lowest BCUT2D eigenvalue weighted by atomic mass is 10.1. The van der Waals surface area contributed by atoms with E-state index in [0.29, 0.717) is 0 Å². The van der Waals surface area contributed by atoms with E-state index < -0.39 is 0 Å². The van der Waals surface area contributed by atoms with Crippen LogP contribution >= 0.6 is 23.4 Å². The van der Waals surface area contributed by atoms with Gasteiger partial charge in [0.25, 0.3) is 0 Å².